The van der Waals surface area contributed by atoms with Gasteiger partial charge in [-0.1, -0.05) is 42.5 Å². The van der Waals surface area contributed by atoms with E-state index in [9.17, 15) is 9.90 Å². The van der Waals surface area contributed by atoms with Crippen LogP contribution in [-0.2, 0) is 16.0 Å². The van der Waals surface area contributed by atoms with Crippen LogP contribution in [0.25, 0.3) is 0 Å². The molecule has 1 aliphatic rings. The minimum atomic E-state index is -0.853. The van der Waals surface area contributed by atoms with E-state index in [4.69, 9.17) is 14.2 Å². The number of hydrogen-bond donors (Lipinski definition) is 1. The predicted octanol–water partition coefficient (Wildman–Crippen LogP) is 2.82. The van der Waals surface area contributed by atoms with E-state index < -0.39 is 11.9 Å². The molecule has 150 valence electrons. The first-order chi connectivity index (χ1) is 13.7. The van der Waals surface area contributed by atoms with Crippen LogP contribution in [0.1, 0.15) is 17.0 Å². The van der Waals surface area contributed by atoms with Gasteiger partial charge in [-0.05, 0) is 23.6 Å². The van der Waals surface area contributed by atoms with Crippen molar-refractivity contribution < 1.29 is 24.1 Å². The summed E-state index contributed by atoms with van der Waals surface area (Å²) in [5.74, 6) is -0.250. The van der Waals surface area contributed by atoms with Gasteiger partial charge in [-0.3, -0.25) is 9.69 Å². The van der Waals surface area contributed by atoms with Gasteiger partial charge in [0.2, 0.25) is 0 Å². The number of nitrogens with zero attached hydrogens (tertiary/aromatic N) is 1. The first kappa shape index (κ1) is 20.2. The van der Waals surface area contributed by atoms with Crippen LogP contribution in [0.3, 0.4) is 0 Å². The number of aliphatic carboxylic acids is 1. The zero-order valence-electron chi connectivity index (χ0n) is 16.2. The normalized spacial score (nSPS) is 15.8. The van der Waals surface area contributed by atoms with Crippen molar-refractivity contribution in [3.05, 3.63) is 59.7 Å². The van der Waals surface area contributed by atoms with Crippen molar-refractivity contribution in [2.45, 2.75) is 12.3 Å². The average molecular weight is 385 g/mol. The molecule has 1 atom stereocenters. The van der Waals surface area contributed by atoms with E-state index >= 15 is 0 Å². The Bertz CT molecular complexity index is 759. The fourth-order valence-corrected chi connectivity index (χ4v) is 3.40. The maximum absolute atomic E-state index is 11.9. The third-order valence-corrected chi connectivity index (χ3v) is 4.96. The van der Waals surface area contributed by atoms with Crippen molar-refractivity contribution in [3.8, 4) is 11.5 Å². The van der Waals surface area contributed by atoms with Crippen LogP contribution in [-0.4, -0.2) is 62.5 Å². The number of carboxylic acid groups (broad SMARTS) is 1. The summed E-state index contributed by atoms with van der Waals surface area (Å²) in [6, 6.07) is 14.9. The molecule has 3 rings (SSSR count). The van der Waals surface area contributed by atoms with Crippen molar-refractivity contribution >= 4 is 5.97 Å². The molecule has 1 N–H and O–H groups in total. The minimum absolute atomic E-state index is 0.337. The highest BCUT2D eigenvalue weighted by Crippen LogP contribution is 2.34. The fourth-order valence-electron chi connectivity index (χ4n) is 3.40. The molecule has 1 fully saturated rings. The van der Waals surface area contributed by atoms with Crippen LogP contribution in [0.5, 0.6) is 11.5 Å². The van der Waals surface area contributed by atoms with Crippen LogP contribution in [0.4, 0.5) is 0 Å². The molecule has 0 aromatic heterocycles. The number of carboxylic acids is 1. The smallest absolute Gasteiger partial charge is 0.311 e. The molecule has 2 aromatic rings. The predicted molar refractivity (Wildman–Crippen MR) is 106 cm³/mol. The number of morpholine rings is 1. The number of benzene rings is 2. The third-order valence-electron chi connectivity index (χ3n) is 4.96. The van der Waals surface area contributed by atoms with Gasteiger partial charge in [-0.15, -0.1) is 0 Å². The largest absolute Gasteiger partial charge is 0.493 e. The zero-order valence-corrected chi connectivity index (χ0v) is 16.2. The quantitative estimate of drug-likeness (QED) is 0.716. The van der Waals surface area contributed by atoms with Crippen LogP contribution >= 0.6 is 0 Å². The molecule has 1 unspecified atom stereocenters. The van der Waals surface area contributed by atoms with Gasteiger partial charge in [0.05, 0.1) is 26.2 Å². The lowest BCUT2D eigenvalue weighted by Gasteiger charge is -2.26. The zero-order chi connectivity index (χ0) is 19.8. The van der Waals surface area contributed by atoms with Gasteiger partial charge in [0, 0.05) is 19.6 Å². The molecule has 0 aliphatic carbocycles. The van der Waals surface area contributed by atoms with E-state index in [0.717, 1.165) is 44.0 Å². The first-order valence-corrected chi connectivity index (χ1v) is 9.55. The van der Waals surface area contributed by atoms with E-state index in [1.54, 1.807) is 7.11 Å². The van der Waals surface area contributed by atoms with E-state index in [-0.39, 0.29) is 0 Å². The summed E-state index contributed by atoms with van der Waals surface area (Å²) in [7, 11) is 1.60. The summed E-state index contributed by atoms with van der Waals surface area (Å²) in [6.07, 6.45) is 0.337. The number of methoxy groups -OCH3 is 1. The molecule has 28 heavy (non-hydrogen) atoms. The van der Waals surface area contributed by atoms with E-state index in [2.05, 4.69) is 4.90 Å². The lowest BCUT2D eigenvalue weighted by Crippen LogP contribution is -2.38. The lowest BCUT2D eigenvalue weighted by atomic mass is 9.91. The van der Waals surface area contributed by atoms with Crippen molar-refractivity contribution in [1.82, 2.24) is 4.90 Å². The maximum atomic E-state index is 11.9. The molecule has 0 spiro atoms. The number of hydrogen-bond acceptors (Lipinski definition) is 5. The molecule has 6 heteroatoms. The summed E-state index contributed by atoms with van der Waals surface area (Å²) in [5, 5.41) is 9.76. The molecule has 2 aromatic carbocycles. The third kappa shape index (κ3) is 5.24. The second kappa shape index (κ2) is 10.1. The Morgan fingerprint density at radius 1 is 1.14 bits per heavy atom. The minimum Gasteiger partial charge on any atom is -0.493 e. The molecule has 1 saturated heterocycles. The number of ether oxygens (including phenoxy) is 3. The first-order valence-electron chi connectivity index (χ1n) is 9.55. The summed E-state index contributed by atoms with van der Waals surface area (Å²) in [4.78, 5) is 14.2. The highest BCUT2D eigenvalue weighted by molar-refractivity contribution is 5.76. The highest BCUT2D eigenvalue weighted by atomic mass is 16.5. The van der Waals surface area contributed by atoms with Gasteiger partial charge in [-0.25, -0.2) is 0 Å². The standard InChI is InChI=1S/C22H27NO5/c1-26-20-9-5-8-18(16-19(22(24)25)17-6-3-2-4-7-17)21(20)28-15-12-23-10-13-27-14-11-23/h2-9,19H,10-16H2,1H3,(H,24,25). The number of rotatable bonds is 9. The van der Waals surface area contributed by atoms with Gasteiger partial charge in [0.25, 0.3) is 0 Å². The summed E-state index contributed by atoms with van der Waals surface area (Å²) >= 11 is 0. The SMILES string of the molecule is COc1cccc(CC(C(=O)O)c2ccccc2)c1OCCN1CCOCC1. The summed E-state index contributed by atoms with van der Waals surface area (Å²) < 4.78 is 16.9. The Balaban J connectivity index is 1.75. The molecule has 0 amide bonds. The average Bonchev–Trinajstić information content (AvgIpc) is 2.73. The number of carbonyl (C=O) groups is 1. The van der Waals surface area contributed by atoms with E-state index in [1.165, 1.54) is 0 Å². The molecular formula is C22H27NO5. The van der Waals surface area contributed by atoms with E-state index in [0.29, 0.717) is 24.5 Å². The molecular weight excluding hydrogens is 358 g/mol. The molecule has 1 heterocycles. The van der Waals surface area contributed by atoms with Crippen molar-refractivity contribution in [1.29, 1.82) is 0 Å². The molecule has 0 radical (unpaired) electrons. The second-order valence-electron chi connectivity index (χ2n) is 6.76. The van der Waals surface area contributed by atoms with Gasteiger partial charge < -0.3 is 19.3 Å². The fraction of sp³-hybridized carbons (Fsp3) is 0.409. The molecule has 0 bridgehead atoms. The van der Waals surface area contributed by atoms with Crippen LogP contribution in [0.2, 0.25) is 0 Å². The Hall–Kier alpha value is -2.57. The monoisotopic (exact) mass is 385 g/mol. The Kier molecular flexibility index (Phi) is 7.28. The molecule has 0 saturated carbocycles. The van der Waals surface area contributed by atoms with Crippen LogP contribution < -0.4 is 9.47 Å². The Morgan fingerprint density at radius 3 is 2.57 bits per heavy atom. The van der Waals surface area contributed by atoms with Gasteiger partial charge in [-0.2, -0.15) is 0 Å². The molecule has 6 nitrogen and oxygen atoms in total. The maximum Gasteiger partial charge on any atom is 0.311 e. The van der Waals surface area contributed by atoms with Gasteiger partial charge in [0.15, 0.2) is 11.5 Å². The van der Waals surface area contributed by atoms with Gasteiger partial charge in [0.1, 0.15) is 6.61 Å². The molecule has 1 aliphatic heterocycles. The van der Waals surface area contributed by atoms with E-state index in [1.807, 2.05) is 48.5 Å². The van der Waals surface area contributed by atoms with Crippen LogP contribution in [0, 0.1) is 0 Å². The Labute approximate surface area is 165 Å². The highest BCUT2D eigenvalue weighted by Gasteiger charge is 2.23. The second-order valence-corrected chi connectivity index (χ2v) is 6.76. The van der Waals surface area contributed by atoms with Crippen LogP contribution in [0.15, 0.2) is 48.5 Å². The van der Waals surface area contributed by atoms with Crippen molar-refractivity contribution in [3.63, 3.8) is 0 Å². The van der Waals surface area contributed by atoms with Gasteiger partial charge >= 0.3 is 5.97 Å². The number of para-hydroxylation sites is 1. The lowest BCUT2D eigenvalue weighted by molar-refractivity contribution is -0.138. The Morgan fingerprint density at radius 2 is 1.89 bits per heavy atom. The summed E-state index contributed by atoms with van der Waals surface area (Å²) in [5.41, 5.74) is 1.61. The topological polar surface area (TPSA) is 68.2 Å². The van der Waals surface area contributed by atoms with Crippen molar-refractivity contribution in [2.24, 2.45) is 0 Å². The summed E-state index contributed by atoms with van der Waals surface area (Å²) in [6.45, 7) is 4.60. The van der Waals surface area contributed by atoms with Crippen molar-refractivity contribution in [2.75, 3.05) is 46.6 Å².